The van der Waals surface area contributed by atoms with Gasteiger partial charge in [-0.25, -0.2) is 4.98 Å². The molecule has 0 amide bonds. The Morgan fingerprint density at radius 3 is 2.65 bits per heavy atom. The lowest BCUT2D eigenvalue weighted by molar-refractivity contribution is 0.278. The summed E-state index contributed by atoms with van der Waals surface area (Å²) in [5.41, 5.74) is 3.08. The van der Waals surface area contributed by atoms with Crippen molar-refractivity contribution in [2.24, 2.45) is 0 Å². The van der Waals surface area contributed by atoms with Gasteiger partial charge in [-0.1, -0.05) is 0 Å². The van der Waals surface area contributed by atoms with Crippen molar-refractivity contribution in [3.63, 3.8) is 0 Å². The molecule has 0 bridgehead atoms. The molecule has 2 rings (SSSR count). The number of nitrogens with zero attached hydrogens (tertiary/aromatic N) is 2. The molecule has 0 aliphatic carbocycles. The Bertz CT molecular complexity index is 513. The Labute approximate surface area is 124 Å². The van der Waals surface area contributed by atoms with Crippen LogP contribution in [0.1, 0.15) is 38.0 Å². The smallest absolute Gasteiger partial charge is 0.118 e. The summed E-state index contributed by atoms with van der Waals surface area (Å²) in [7, 11) is 2.08. The maximum Gasteiger partial charge on any atom is 0.118 e. The minimum Gasteiger partial charge on any atom is -0.463 e. The largest absolute Gasteiger partial charge is 0.463 e. The summed E-state index contributed by atoms with van der Waals surface area (Å²) in [6.07, 6.45) is 0. The van der Waals surface area contributed by atoms with Gasteiger partial charge in [0.15, 0.2) is 0 Å². The van der Waals surface area contributed by atoms with E-state index in [2.05, 4.69) is 54.5 Å². The lowest BCUT2D eigenvalue weighted by Gasteiger charge is -2.19. The highest BCUT2D eigenvalue weighted by Gasteiger charge is 2.11. The molecule has 0 unspecified atom stereocenters. The minimum atomic E-state index is 0.106. The van der Waals surface area contributed by atoms with Crippen molar-refractivity contribution in [1.82, 2.24) is 15.2 Å². The molecule has 2 aromatic heterocycles. The fourth-order valence-corrected chi connectivity index (χ4v) is 2.42. The number of aromatic nitrogens is 1. The Morgan fingerprint density at radius 2 is 2.00 bits per heavy atom. The van der Waals surface area contributed by atoms with Crippen molar-refractivity contribution in [1.29, 1.82) is 0 Å². The van der Waals surface area contributed by atoms with E-state index in [0.717, 1.165) is 36.8 Å². The highest BCUT2D eigenvalue weighted by atomic mass is 32.1. The third-order valence-electron chi connectivity index (χ3n) is 2.85. The Morgan fingerprint density at radius 1 is 1.25 bits per heavy atom. The topological polar surface area (TPSA) is 41.3 Å². The van der Waals surface area contributed by atoms with Gasteiger partial charge in [0.2, 0.25) is 0 Å². The Hall–Kier alpha value is -1.17. The molecule has 4 nitrogen and oxygen atoms in total. The average molecular weight is 293 g/mol. The predicted octanol–water partition coefficient (Wildman–Crippen LogP) is 3.26. The molecule has 0 aromatic carbocycles. The first-order chi connectivity index (χ1) is 9.42. The SMILES string of the molecule is CN(Cc1cscn1)Cc1ccc(CNC(C)(C)C)o1. The van der Waals surface area contributed by atoms with E-state index < -0.39 is 0 Å². The normalized spacial score (nSPS) is 12.2. The number of thiazole rings is 1. The van der Waals surface area contributed by atoms with Gasteiger partial charge in [0.1, 0.15) is 11.5 Å². The standard InChI is InChI=1S/C15H23N3OS/c1-15(2,3)17-7-13-5-6-14(19-13)9-18(4)8-12-10-20-11-16-12/h5-6,10-11,17H,7-9H2,1-4H3. The fraction of sp³-hybridized carbons (Fsp3) is 0.533. The molecule has 2 heterocycles. The summed E-state index contributed by atoms with van der Waals surface area (Å²) in [5, 5.41) is 5.51. The fourth-order valence-electron chi connectivity index (χ4n) is 1.87. The van der Waals surface area contributed by atoms with Crippen molar-refractivity contribution in [3.8, 4) is 0 Å². The van der Waals surface area contributed by atoms with Gasteiger partial charge in [-0.2, -0.15) is 0 Å². The van der Waals surface area contributed by atoms with E-state index in [1.807, 2.05) is 11.6 Å². The van der Waals surface area contributed by atoms with Crippen molar-refractivity contribution < 1.29 is 4.42 Å². The van der Waals surface area contributed by atoms with Crippen LogP contribution in [0.25, 0.3) is 0 Å². The minimum absolute atomic E-state index is 0.106. The molecule has 1 N–H and O–H groups in total. The number of hydrogen-bond donors (Lipinski definition) is 1. The van der Waals surface area contributed by atoms with Gasteiger partial charge >= 0.3 is 0 Å². The average Bonchev–Trinajstić information content (AvgIpc) is 2.97. The number of rotatable bonds is 6. The summed E-state index contributed by atoms with van der Waals surface area (Å²) < 4.78 is 5.85. The van der Waals surface area contributed by atoms with Crippen LogP contribution in [0.15, 0.2) is 27.4 Å². The molecule has 5 heteroatoms. The van der Waals surface area contributed by atoms with E-state index >= 15 is 0 Å². The van der Waals surface area contributed by atoms with E-state index in [4.69, 9.17) is 4.42 Å². The van der Waals surface area contributed by atoms with E-state index in [1.54, 1.807) is 11.3 Å². The lowest BCUT2D eigenvalue weighted by Crippen LogP contribution is -2.34. The molecule has 0 atom stereocenters. The van der Waals surface area contributed by atoms with Crippen LogP contribution in [0.3, 0.4) is 0 Å². The van der Waals surface area contributed by atoms with E-state index in [9.17, 15) is 0 Å². The van der Waals surface area contributed by atoms with Crippen molar-refractivity contribution in [2.45, 2.75) is 45.9 Å². The molecule has 2 aromatic rings. The molecule has 0 aliphatic heterocycles. The van der Waals surface area contributed by atoms with Crippen LogP contribution in [-0.2, 0) is 19.6 Å². The second kappa shape index (κ2) is 6.52. The molecule has 0 saturated heterocycles. The molecule has 110 valence electrons. The van der Waals surface area contributed by atoms with Crippen LogP contribution in [0.4, 0.5) is 0 Å². The second-order valence-corrected chi connectivity index (χ2v) is 6.84. The van der Waals surface area contributed by atoms with Crippen LogP contribution in [0, 0.1) is 0 Å². The number of hydrogen-bond acceptors (Lipinski definition) is 5. The summed E-state index contributed by atoms with van der Waals surface area (Å²) in [5.74, 6) is 1.98. The van der Waals surface area contributed by atoms with Gasteiger partial charge in [0.05, 0.1) is 24.3 Å². The molecule has 20 heavy (non-hydrogen) atoms. The summed E-state index contributed by atoms with van der Waals surface area (Å²) >= 11 is 1.63. The quantitative estimate of drug-likeness (QED) is 0.887. The molecule has 0 spiro atoms. The monoisotopic (exact) mass is 293 g/mol. The third-order valence-corrected chi connectivity index (χ3v) is 3.49. The molecule has 0 fully saturated rings. The molecule has 0 aliphatic rings. The Balaban J connectivity index is 1.83. The van der Waals surface area contributed by atoms with Crippen LogP contribution in [0.2, 0.25) is 0 Å². The van der Waals surface area contributed by atoms with E-state index in [-0.39, 0.29) is 5.54 Å². The van der Waals surface area contributed by atoms with Crippen LogP contribution < -0.4 is 5.32 Å². The molecule has 0 saturated carbocycles. The third kappa shape index (κ3) is 5.07. The van der Waals surface area contributed by atoms with E-state index in [1.165, 1.54) is 0 Å². The van der Waals surface area contributed by atoms with E-state index in [0.29, 0.717) is 0 Å². The van der Waals surface area contributed by atoms with Gasteiger partial charge in [-0.05, 0) is 40.0 Å². The number of nitrogens with one attached hydrogen (secondary N) is 1. The highest BCUT2D eigenvalue weighted by molar-refractivity contribution is 7.07. The van der Waals surface area contributed by atoms with Crippen molar-refractivity contribution in [3.05, 3.63) is 40.2 Å². The van der Waals surface area contributed by atoms with Gasteiger partial charge in [-0.3, -0.25) is 4.90 Å². The lowest BCUT2D eigenvalue weighted by atomic mass is 10.1. The Kier molecular flexibility index (Phi) is 4.96. The summed E-state index contributed by atoms with van der Waals surface area (Å²) in [4.78, 5) is 6.50. The van der Waals surface area contributed by atoms with Gasteiger partial charge in [0, 0.05) is 17.5 Å². The summed E-state index contributed by atoms with van der Waals surface area (Å²) in [6.45, 7) is 8.86. The zero-order valence-corrected chi connectivity index (χ0v) is 13.5. The van der Waals surface area contributed by atoms with Crippen LogP contribution >= 0.6 is 11.3 Å². The summed E-state index contributed by atoms with van der Waals surface area (Å²) in [6, 6.07) is 4.10. The first-order valence-corrected chi connectivity index (χ1v) is 7.75. The zero-order valence-electron chi connectivity index (χ0n) is 12.6. The van der Waals surface area contributed by atoms with Crippen LogP contribution in [-0.4, -0.2) is 22.5 Å². The van der Waals surface area contributed by atoms with Crippen molar-refractivity contribution >= 4 is 11.3 Å². The highest BCUT2D eigenvalue weighted by Crippen LogP contribution is 2.13. The predicted molar refractivity (Wildman–Crippen MR) is 82.6 cm³/mol. The van der Waals surface area contributed by atoms with Gasteiger partial charge in [0.25, 0.3) is 0 Å². The number of furan rings is 1. The second-order valence-electron chi connectivity index (χ2n) is 6.12. The van der Waals surface area contributed by atoms with Crippen LogP contribution in [0.5, 0.6) is 0 Å². The first-order valence-electron chi connectivity index (χ1n) is 6.80. The zero-order chi connectivity index (χ0) is 14.6. The first kappa shape index (κ1) is 15.2. The van der Waals surface area contributed by atoms with Gasteiger partial charge < -0.3 is 9.73 Å². The van der Waals surface area contributed by atoms with Crippen molar-refractivity contribution in [2.75, 3.05) is 7.05 Å². The van der Waals surface area contributed by atoms with Gasteiger partial charge in [-0.15, -0.1) is 11.3 Å². The maximum absolute atomic E-state index is 5.85. The molecular weight excluding hydrogens is 270 g/mol. The molecule has 0 radical (unpaired) electrons. The maximum atomic E-state index is 5.85. The molecular formula is C15H23N3OS.